The maximum Gasteiger partial charge on any atom is 0.189 e. The van der Waals surface area contributed by atoms with Crippen molar-refractivity contribution in [3.63, 3.8) is 0 Å². The summed E-state index contributed by atoms with van der Waals surface area (Å²) in [5.74, 6) is 0.781. The van der Waals surface area contributed by atoms with Crippen molar-refractivity contribution < 1.29 is 0 Å². The van der Waals surface area contributed by atoms with Crippen LogP contribution in [0.15, 0.2) is 29.4 Å². The lowest BCUT2D eigenvalue weighted by atomic mass is 10.2. The van der Waals surface area contributed by atoms with Gasteiger partial charge in [-0.15, -0.1) is 12.6 Å². The van der Waals surface area contributed by atoms with Gasteiger partial charge >= 0.3 is 0 Å². The highest BCUT2D eigenvalue weighted by atomic mass is 32.1. The number of hydrazone groups is 1. The van der Waals surface area contributed by atoms with Crippen LogP contribution in [0.4, 0.5) is 5.69 Å². The van der Waals surface area contributed by atoms with Crippen LogP contribution in [0, 0.1) is 6.92 Å². The molecule has 3 N–H and O–H groups in total. The van der Waals surface area contributed by atoms with Gasteiger partial charge in [-0.3, -0.25) is 10.9 Å². The molecular formula is C11H15N5S2. The highest BCUT2D eigenvalue weighted by Crippen LogP contribution is 2.13. The first kappa shape index (κ1) is 13.0. The summed E-state index contributed by atoms with van der Waals surface area (Å²) in [5.41, 5.74) is 7.76. The first-order chi connectivity index (χ1) is 8.58. The summed E-state index contributed by atoms with van der Waals surface area (Å²) < 4.78 is 0. The second kappa shape index (κ2) is 5.45. The van der Waals surface area contributed by atoms with Crippen LogP contribution >= 0.6 is 24.8 Å². The van der Waals surface area contributed by atoms with Gasteiger partial charge in [-0.2, -0.15) is 5.10 Å². The Morgan fingerprint density at radius 1 is 1.44 bits per heavy atom. The number of nitrogens with zero attached hydrogens (tertiary/aromatic N) is 2. The molecule has 1 atom stereocenters. The largest absolute Gasteiger partial charge is 0.331 e. The predicted molar refractivity (Wildman–Crippen MR) is 81.4 cm³/mol. The van der Waals surface area contributed by atoms with Crippen LogP contribution in [0.25, 0.3) is 0 Å². The van der Waals surface area contributed by atoms with Gasteiger partial charge in [-0.25, -0.2) is 5.01 Å². The van der Waals surface area contributed by atoms with Crippen molar-refractivity contribution in [3.05, 3.63) is 29.8 Å². The summed E-state index contributed by atoms with van der Waals surface area (Å²) in [6.45, 7) is 3.89. The highest BCUT2D eigenvalue weighted by molar-refractivity contribution is 7.81. The lowest BCUT2D eigenvalue weighted by molar-refractivity contribution is 0.355. The minimum absolute atomic E-state index is 0.221. The Hall–Kier alpha value is -1.47. The maximum absolute atomic E-state index is 5.26. The first-order valence-electron chi connectivity index (χ1n) is 5.48. The Bertz CT molecular complexity index is 488. The summed E-state index contributed by atoms with van der Waals surface area (Å²) >= 11 is 9.58. The molecule has 2 rings (SSSR count). The third-order valence-corrected chi connectivity index (χ3v) is 3.09. The molecule has 0 radical (unpaired) electrons. The van der Waals surface area contributed by atoms with E-state index in [1.807, 2.05) is 38.1 Å². The van der Waals surface area contributed by atoms with Crippen molar-refractivity contribution in [1.29, 1.82) is 0 Å². The Labute approximate surface area is 117 Å². The molecule has 1 aromatic carbocycles. The molecular weight excluding hydrogens is 266 g/mol. The number of nitrogens with one attached hydrogen (secondary N) is 3. The third kappa shape index (κ3) is 2.85. The molecule has 0 spiro atoms. The van der Waals surface area contributed by atoms with E-state index in [0.717, 1.165) is 17.1 Å². The molecule has 0 aliphatic carbocycles. The van der Waals surface area contributed by atoms with Gasteiger partial charge in [0.1, 0.15) is 5.84 Å². The monoisotopic (exact) mass is 281 g/mol. The predicted octanol–water partition coefficient (Wildman–Crippen LogP) is 1.65. The van der Waals surface area contributed by atoms with Gasteiger partial charge in [0, 0.05) is 5.69 Å². The van der Waals surface area contributed by atoms with Gasteiger partial charge in [0.05, 0.1) is 0 Å². The van der Waals surface area contributed by atoms with Crippen molar-refractivity contribution in [2.75, 3.05) is 5.32 Å². The van der Waals surface area contributed by atoms with Gasteiger partial charge in [-0.1, -0.05) is 18.2 Å². The van der Waals surface area contributed by atoms with Crippen LogP contribution in [0.3, 0.4) is 0 Å². The zero-order valence-corrected chi connectivity index (χ0v) is 11.8. The Morgan fingerprint density at radius 2 is 2.17 bits per heavy atom. The SMILES string of the molecule is CC1=NNC(S)N1NC(=S)Nc1ccccc1C. The van der Waals surface area contributed by atoms with E-state index in [1.165, 1.54) is 0 Å². The second-order valence-electron chi connectivity index (χ2n) is 3.91. The number of anilines is 1. The molecule has 1 aliphatic heterocycles. The summed E-state index contributed by atoms with van der Waals surface area (Å²) in [6.07, 6.45) is 0. The molecule has 1 heterocycles. The molecule has 0 amide bonds. The number of thiol groups is 1. The summed E-state index contributed by atoms with van der Waals surface area (Å²) in [7, 11) is 0. The van der Waals surface area contributed by atoms with E-state index in [2.05, 4.69) is 33.9 Å². The lowest BCUT2D eigenvalue weighted by Gasteiger charge is -2.24. The molecule has 7 heteroatoms. The number of benzene rings is 1. The molecule has 1 aromatic rings. The third-order valence-electron chi connectivity index (χ3n) is 2.55. The van der Waals surface area contributed by atoms with E-state index in [4.69, 9.17) is 12.2 Å². The normalized spacial score (nSPS) is 18.1. The minimum Gasteiger partial charge on any atom is -0.331 e. The fraction of sp³-hybridized carbons (Fsp3) is 0.273. The number of hydrazine groups is 1. The van der Waals surface area contributed by atoms with Crippen molar-refractivity contribution >= 4 is 41.5 Å². The molecule has 18 heavy (non-hydrogen) atoms. The molecule has 0 saturated heterocycles. The molecule has 0 aromatic heterocycles. The quantitative estimate of drug-likeness (QED) is 0.490. The minimum atomic E-state index is -0.221. The van der Waals surface area contributed by atoms with E-state index < -0.39 is 0 Å². The number of amidine groups is 1. The van der Waals surface area contributed by atoms with Gasteiger partial charge in [0.25, 0.3) is 0 Å². The Balaban J connectivity index is 1.97. The van der Waals surface area contributed by atoms with Crippen LogP contribution in [-0.2, 0) is 0 Å². The Kier molecular flexibility index (Phi) is 3.93. The maximum atomic E-state index is 5.26. The molecule has 96 valence electrons. The van der Waals surface area contributed by atoms with Crippen LogP contribution in [-0.4, -0.2) is 21.5 Å². The van der Waals surface area contributed by atoms with Crippen LogP contribution in [0.2, 0.25) is 0 Å². The van der Waals surface area contributed by atoms with Crippen molar-refractivity contribution in [2.24, 2.45) is 5.10 Å². The molecule has 0 bridgehead atoms. The number of thiocarbonyl (C=S) groups is 1. The average molecular weight is 281 g/mol. The van der Waals surface area contributed by atoms with Gasteiger partial charge in [0.15, 0.2) is 10.6 Å². The molecule has 0 saturated carbocycles. The highest BCUT2D eigenvalue weighted by Gasteiger charge is 2.22. The standard InChI is InChI=1S/C11H15N5S2/c1-7-5-3-4-6-9(7)12-10(17)15-16-8(2)13-14-11(16)18/h3-6,11,14,18H,1-2H3,(H2,12,15,17). The smallest absolute Gasteiger partial charge is 0.189 e. The van der Waals surface area contributed by atoms with E-state index in [1.54, 1.807) is 5.01 Å². The van der Waals surface area contributed by atoms with E-state index >= 15 is 0 Å². The van der Waals surface area contributed by atoms with E-state index in [9.17, 15) is 0 Å². The fourth-order valence-electron chi connectivity index (χ4n) is 1.55. The van der Waals surface area contributed by atoms with Gasteiger partial charge in [-0.05, 0) is 37.7 Å². The molecule has 1 aliphatic rings. The topological polar surface area (TPSA) is 51.7 Å². The van der Waals surface area contributed by atoms with Crippen LogP contribution in [0.5, 0.6) is 0 Å². The number of aryl methyl sites for hydroxylation is 1. The van der Waals surface area contributed by atoms with Crippen molar-refractivity contribution in [1.82, 2.24) is 15.9 Å². The van der Waals surface area contributed by atoms with Gasteiger partial charge < -0.3 is 5.32 Å². The number of hydrogen-bond donors (Lipinski definition) is 4. The zero-order chi connectivity index (χ0) is 13.1. The Morgan fingerprint density at radius 3 is 2.78 bits per heavy atom. The lowest BCUT2D eigenvalue weighted by Crippen LogP contribution is -2.50. The van der Waals surface area contributed by atoms with Crippen molar-refractivity contribution in [3.8, 4) is 0 Å². The summed E-state index contributed by atoms with van der Waals surface area (Å²) in [6, 6.07) is 7.95. The molecule has 5 nitrogen and oxygen atoms in total. The first-order valence-corrected chi connectivity index (χ1v) is 6.41. The number of hydrogen-bond acceptors (Lipinski definition) is 5. The number of rotatable bonds is 2. The summed E-state index contributed by atoms with van der Waals surface area (Å²) in [5, 5.41) is 9.43. The van der Waals surface area contributed by atoms with Crippen molar-refractivity contribution in [2.45, 2.75) is 19.3 Å². The average Bonchev–Trinajstić information content (AvgIpc) is 2.64. The van der Waals surface area contributed by atoms with E-state index in [-0.39, 0.29) is 5.50 Å². The molecule has 1 unspecified atom stereocenters. The fourth-order valence-corrected chi connectivity index (χ4v) is 2.05. The summed E-state index contributed by atoms with van der Waals surface area (Å²) in [4.78, 5) is 0. The second-order valence-corrected chi connectivity index (χ2v) is 4.81. The van der Waals surface area contributed by atoms with Gasteiger partial charge in [0.2, 0.25) is 0 Å². The van der Waals surface area contributed by atoms with E-state index in [0.29, 0.717) is 5.11 Å². The van der Waals surface area contributed by atoms with Crippen LogP contribution < -0.4 is 16.2 Å². The molecule has 0 fully saturated rings. The number of para-hydroxylation sites is 1. The van der Waals surface area contributed by atoms with Crippen LogP contribution in [0.1, 0.15) is 12.5 Å². The zero-order valence-electron chi connectivity index (χ0n) is 10.1.